The topological polar surface area (TPSA) is 53.8 Å². The second-order valence-corrected chi connectivity index (χ2v) is 2.10. The number of amidine groups is 1. The molecule has 0 bridgehead atoms. The van der Waals surface area contributed by atoms with Gasteiger partial charge in [0.2, 0.25) is 0 Å². The SMILES string of the molecule is CN/N=C(/C)N=C(C)CC=O. The minimum absolute atomic E-state index is 0.372. The summed E-state index contributed by atoms with van der Waals surface area (Å²) in [6.07, 6.45) is 1.20. The van der Waals surface area contributed by atoms with E-state index < -0.39 is 0 Å². The summed E-state index contributed by atoms with van der Waals surface area (Å²) in [5.74, 6) is 0.631. The number of aldehydes is 1. The Morgan fingerprint density at radius 3 is 2.64 bits per heavy atom. The van der Waals surface area contributed by atoms with Crippen molar-refractivity contribution < 1.29 is 4.79 Å². The van der Waals surface area contributed by atoms with Gasteiger partial charge in [0.1, 0.15) is 12.1 Å². The summed E-state index contributed by atoms with van der Waals surface area (Å²) in [5.41, 5.74) is 3.38. The number of hydrazone groups is 1. The van der Waals surface area contributed by atoms with E-state index in [1.165, 1.54) is 0 Å². The third kappa shape index (κ3) is 5.26. The highest BCUT2D eigenvalue weighted by molar-refractivity contribution is 6.00. The van der Waals surface area contributed by atoms with Crippen molar-refractivity contribution in [2.45, 2.75) is 20.3 Å². The quantitative estimate of drug-likeness (QED) is 0.280. The first kappa shape index (κ1) is 9.81. The van der Waals surface area contributed by atoms with Gasteiger partial charge in [0.05, 0.1) is 0 Å². The maximum absolute atomic E-state index is 10.0. The van der Waals surface area contributed by atoms with Crippen LogP contribution in [0, 0.1) is 0 Å². The normalized spacial score (nSPS) is 13.0. The standard InChI is InChI=1S/C7H13N3O/c1-6(4-5-11)9-7(2)10-8-3/h5,8H,4H2,1-3H3/b9-6?,10-7-. The molecule has 1 N–H and O–H groups in total. The summed E-state index contributed by atoms with van der Waals surface area (Å²) in [5, 5.41) is 3.81. The van der Waals surface area contributed by atoms with E-state index >= 15 is 0 Å². The zero-order chi connectivity index (χ0) is 8.69. The van der Waals surface area contributed by atoms with Gasteiger partial charge >= 0.3 is 0 Å². The minimum Gasteiger partial charge on any atom is -0.311 e. The fraction of sp³-hybridized carbons (Fsp3) is 0.571. The number of hydrogen-bond acceptors (Lipinski definition) is 3. The molecule has 0 aromatic rings. The molecule has 4 nitrogen and oxygen atoms in total. The number of hydrogen-bond donors (Lipinski definition) is 1. The Labute approximate surface area is 66.4 Å². The average Bonchev–Trinajstić information content (AvgIpc) is 1.87. The van der Waals surface area contributed by atoms with Crippen LogP contribution in [0.4, 0.5) is 0 Å². The summed E-state index contributed by atoms with van der Waals surface area (Å²) < 4.78 is 0. The van der Waals surface area contributed by atoms with Gasteiger partial charge in [0.15, 0.2) is 0 Å². The maximum atomic E-state index is 10.0. The van der Waals surface area contributed by atoms with Crippen LogP contribution in [-0.2, 0) is 4.79 Å². The molecule has 0 aromatic carbocycles. The molecule has 0 atom stereocenters. The smallest absolute Gasteiger partial charge is 0.144 e. The molecule has 0 heterocycles. The van der Waals surface area contributed by atoms with Crippen molar-refractivity contribution in [3.8, 4) is 0 Å². The van der Waals surface area contributed by atoms with Crippen LogP contribution in [0.15, 0.2) is 10.1 Å². The third-order valence-corrected chi connectivity index (χ3v) is 1.01. The van der Waals surface area contributed by atoms with E-state index in [0.29, 0.717) is 12.3 Å². The van der Waals surface area contributed by atoms with E-state index in [1.807, 2.05) is 0 Å². The molecule has 62 valence electrons. The molecule has 0 aliphatic carbocycles. The highest BCUT2D eigenvalue weighted by Gasteiger charge is 1.90. The Morgan fingerprint density at radius 1 is 1.55 bits per heavy atom. The van der Waals surface area contributed by atoms with Gasteiger partial charge in [-0.15, -0.1) is 0 Å². The zero-order valence-corrected chi connectivity index (χ0v) is 7.09. The second-order valence-electron chi connectivity index (χ2n) is 2.10. The molecule has 0 unspecified atom stereocenters. The van der Waals surface area contributed by atoms with Crippen molar-refractivity contribution in [1.29, 1.82) is 0 Å². The summed E-state index contributed by atoms with van der Waals surface area (Å²) in [7, 11) is 1.70. The van der Waals surface area contributed by atoms with Gasteiger partial charge in [-0.1, -0.05) is 0 Å². The monoisotopic (exact) mass is 155 g/mol. The summed E-state index contributed by atoms with van der Waals surface area (Å²) in [4.78, 5) is 14.0. The molecule has 0 radical (unpaired) electrons. The van der Waals surface area contributed by atoms with E-state index in [-0.39, 0.29) is 0 Å². The lowest BCUT2D eigenvalue weighted by molar-refractivity contribution is -0.106. The Bertz CT molecular complexity index is 184. The number of nitrogens with one attached hydrogen (secondary N) is 1. The van der Waals surface area contributed by atoms with Crippen molar-refractivity contribution in [2.24, 2.45) is 10.1 Å². The first-order chi connectivity index (χ1) is 5.20. The predicted octanol–water partition coefficient (Wildman–Crippen LogP) is 0.589. The summed E-state index contributed by atoms with van der Waals surface area (Å²) >= 11 is 0. The Balaban J connectivity index is 4.06. The van der Waals surface area contributed by atoms with E-state index in [1.54, 1.807) is 20.9 Å². The third-order valence-electron chi connectivity index (χ3n) is 1.01. The molecular formula is C7H13N3O. The van der Waals surface area contributed by atoms with Crippen LogP contribution in [0.2, 0.25) is 0 Å². The first-order valence-corrected chi connectivity index (χ1v) is 3.39. The Kier molecular flexibility index (Phi) is 4.98. The fourth-order valence-electron chi connectivity index (χ4n) is 0.629. The maximum Gasteiger partial charge on any atom is 0.144 e. The molecule has 0 spiro atoms. The van der Waals surface area contributed by atoms with E-state index in [2.05, 4.69) is 15.5 Å². The molecular weight excluding hydrogens is 142 g/mol. The molecule has 0 aliphatic heterocycles. The fourth-order valence-corrected chi connectivity index (χ4v) is 0.629. The summed E-state index contributed by atoms with van der Waals surface area (Å²) in [6, 6.07) is 0. The van der Waals surface area contributed by atoms with E-state index in [4.69, 9.17) is 0 Å². The van der Waals surface area contributed by atoms with Crippen molar-refractivity contribution in [3.63, 3.8) is 0 Å². The van der Waals surface area contributed by atoms with Gasteiger partial charge in [-0.05, 0) is 13.8 Å². The first-order valence-electron chi connectivity index (χ1n) is 3.39. The van der Waals surface area contributed by atoms with Crippen molar-refractivity contribution in [2.75, 3.05) is 7.05 Å². The molecule has 0 saturated heterocycles. The zero-order valence-electron chi connectivity index (χ0n) is 7.09. The molecule has 4 heteroatoms. The van der Waals surface area contributed by atoms with Crippen LogP contribution < -0.4 is 5.43 Å². The highest BCUT2D eigenvalue weighted by Crippen LogP contribution is 1.85. The number of rotatable bonds is 3. The average molecular weight is 155 g/mol. The minimum atomic E-state index is 0.372. The van der Waals surface area contributed by atoms with Crippen molar-refractivity contribution >= 4 is 17.8 Å². The molecule has 11 heavy (non-hydrogen) atoms. The van der Waals surface area contributed by atoms with Crippen LogP contribution >= 0.6 is 0 Å². The van der Waals surface area contributed by atoms with Gasteiger partial charge in [-0.2, -0.15) is 5.10 Å². The Morgan fingerprint density at radius 2 is 2.18 bits per heavy atom. The predicted molar refractivity (Wildman–Crippen MR) is 46.0 cm³/mol. The van der Waals surface area contributed by atoms with Gasteiger partial charge < -0.3 is 10.2 Å². The number of carbonyl (C=O) groups is 1. The summed E-state index contributed by atoms with van der Waals surface area (Å²) in [6.45, 7) is 3.56. The number of aliphatic imine (C=N–C) groups is 1. The molecule has 0 aliphatic rings. The van der Waals surface area contributed by atoms with Gasteiger partial charge in [-0.25, -0.2) is 4.99 Å². The molecule has 0 fully saturated rings. The van der Waals surface area contributed by atoms with Crippen molar-refractivity contribution in [1.82, 2.24) is 5.43 Å². The van der Waals surface area contributed by atoms with Crippen LogP contribution in [0.25, 0.3) is 0 Å². The van der Waals surface area contributed by atoms with Crippen LogP contribution in [-0.4, -0.2) is 24.9 Å². The largest absolute Gasteiger partial charge is 0.311 e. The van der Waals surface area contributed by atoms with Gasteiger partial charge in [-0.3, -0.25) is 0 Å². The number of nitrogens with zero attached hydrogens (tertiary/aromatic N) is 2. The number of carbonyl (C=O) groups excluding carboxylic acids is 1. The lowest BCUT2D eigenvalue weighted by Crippen LogP contribution is -2.02. The Hall–Kier alpha value is -1.19. The van der Waals surface area contributed by atoms with Crippen LogP contribution in [0.5, 0.6) is 0 Å². The van der Waals surface area contributed by atoms with E-state index in [9.17, 15) is 4.79 Å². The van der Waals surface area contributed by atoms with Crippen LogP contribution in [0.1, 0.15) is 20.3 Å². The van der Waals surface area contributed by atoms with Gasteiger partial charge in [0, 0.05) is 19.2 Å². The molecule has 0 rings (SSSR count). The molecule has 0 saturated carbocycles. The molecule has 0 aromatic heterocycles. The lowest BCUT2D eigenvalue weighted by Gasteiger charge is -1.94. The lowest BCUT2D eigenvalue weighted by atomic mass is 10.3. The second kappa shape index (κ2) is 5.58. The van der Waals surface area contributed by atoms with Crippen LogP contribution in [0.3, 0.4) is 0 Å². The molecule has 0 amide bonds. The van der Waals surface area contributed by atoms with E-state index in [0.717, 1.165) is 12.0 Å². The van der Waals surface area contributed by atoms with Gasteiger partial charge in [0.25, 0.3) is 0 Å². The highest BCUT2D eigenvalue weighted by atomic mass is 16.1. The van der Waals surface area contributed by atoms with Crippen molar-refractivity contribution in [3.05, 3.63) is 0 Å².